The molecule has 0 saturated carbocycles. The summed E-state index contributed by atoms with van der Waals surface area (Å²) in [6, 6.07) is 16.7. The van der Waals surface area contributed by atoms with Crippen LogP contribution in [0.4, 0.5) is 11.4 Å². The van der Waals surface area contributed by atoms with Crippen molar-refractivity contribution in [1.29, 1.82) is 0 Å². The van der Waals surface area contributed by atoms with Crippen LogP contribution in [0.3, 0.4) is 0 Å². The first-order chi connectivity index (χ1) is 15.6. The van der Waals surface area contributed by atoms with Gasteiger partial charge in [-0.15, -0.1) is 0 Å². The fourth-order valence-electron chi connectivity index (χ4n) is 4.64. The van der Waals surface area contributed by atoms with Crippen LogP contribution in [0.5, 0.6) is 5.75 Å². The van der Waals surface area contributed by atoms with Crippen LogP contribution in [0.15, 0.2) is 60.9 Å². The van der Waals surface area contributed by atoms with Crippen molar-refractivity contribution in [1.82, 2.24) is 4.98 Å². The second-order valence-corrected chi connectivity index (χ2v) is 8.30. The Morgan fingerprint density at radius 3 is 2.78 bits per heavy atom. The molecule has 0 radical (unpaired) electrons. The number of methoxy groups -OCH3 is 2. The third-order valence-corrected chi connectivity index (χ3v) is 6.46. The summed E-state index contributed by atoms with van der Waals surface area (Å²) >= 11 is 0. The molecule has 1 aromatic heterocycles. The van der Waals surface area contributed by atoms with E-state index in [0.717, 1.165) is 36.3 Å². The number of aromatic nitrogens is 1. The normalized spacial score (nSPS) is 15.0. The molecule has 1 atom stereocenters. The minimum absolute atomic E-state index is 0.295. The molecule has 1 aliphatic carbocycles. The summed E-state index contributed by atoms with van der Waals surface area (Å²) in [6.07, 6.45) is 8.70. The molecule has 1 heterocycles. The highest BCUT2D eigenvalue weighted by Crippen LogP contribution is 2.38. The maximum Gasteiger partial charge on any atom is 0.338 e. The van der Waals surface area contributed by atoms with E-state index in [1.54, 1.807) is 25.6 Å². The summed E-state index contributed by atoms with van der Waals surface area (Å²) in [5.41, 5.74) is 6.71. The number of anilines is 2. The van der Waals surface area contributed by atoms with Crippen LogP contribution in [-0.4, -0.2) is 32.2 Å². The maximum absolute atomic E-state index is 12.1. The summed E-state index contributed by atoms with van der Waals surface area (Å²) in [6.45, 7) is 0. The van der Waals surface area contributed by atoms with Gasteiger partial charge in [0.05, 0.1) is 19.8 Å². The van der Waals surface area contributed by atoms with Crippen LogP contribution in [0, 0.1) is 0 Å². The second-order valence-electron chi connectivity index (χ2n) is 8.30. The van der Waals surface area contributed by atoms with Gasteiger partial charge in [-0.2, -0.15) is 0 Å². The van der Waals surface area contributed by atoms with Gasteiger partial charge in [0.25, 0.3) is 0 Å². The number of pyridine rings is 1. The Morgan fingerprint density at radius 1 is 1.12 bits per heavy atom. The monoisotopic (exact) mass is 430 g/mol. The molecule has 2 aromatic carbocycles. The number of hydrogen-bond donors (Lipinski definition) is 0. The van der Waals surface area contributed by atoms with Gasteiger partial charge >= 0.3 is 5.97 Å². The van der Waals surface area contributed by atoms with Gasteiger partial charge in [-0.05, 0) is 85.0 Å². The van der Waals surface area contributed by atoms with Gasteiger partial charge in [0.2, 0.25) is 0 Å². The first kappa shape index (κ1) is 21.9. The van der Waals surface area contributed by atoms with Crippen molar-refractivity contribution in [2.24, 2.45) is 0 Å². The highest BCUT2D eigenvalue weighted by Gasteiger charge is 2.22. The van der Waals surface area contributed by atoms with E-state index in [9.17, 15) is 4.79 Å². The molecule has 5 heteroatoms. The number of rotatable bonds is 7. The molecule has 32 heavy (non-hydrogen) atoms. The van der Waals surface area contributed by atoms with Crippen molar-refractivity contribution in [3.05, 3.63) is 83.2 Å². The molecule has 0 fully saturated rings. The third kappa shape index (κ3) is 4.62. The van der Waals surface area contributed by atoms with E-state index in [1.807, 2.05) is 12.1 Å². The van der Waals surface area contributed by atoms with E-state index in [0.29, 0.717) is 11.5 Å². The number of carbonyl (C=O) groups is 1. The standard InChI is InChI=1S/C27H30N2O3/c1-29(22-8-5-9-24(17-22)31-2)23-12-13-25-19(6-4-7-20(25)16-23)10-11-21-18-28-15-14-26(21)27(30)32-3/h5,8-9,12-19H,4,6-7,10-11H2,1-3H3/t19-/m0/s1. The van der Waals surface area contributed by atoms with E-state index < -0.39 is 0 Å². The minimum atomic E-state index is -0.295. The minimum Gasteiger partial charge on any atom is -0.497 e. The topological polar surface area (TPSA) is 51.7 Å². The fraction of sp³-hybridized carbons (Fsp3) is 0.333. The zero-order valence-electron chi connectivity index (χ0n) is 19.0. The van der Waals surface area contributed by atoms with Gasteiger partial charge in [0.1, 0.15) is 5.75 Å². The zero-order valence-corrected chi connectivity index (χ0v) is 19.0. The number of ether oxygens (including phenoxy) is 2. The quantitative estimate of drug-likeness (QED) is 0.450. The molecule has 0 N–H and O–H groups in total. The van der Waals surface area contributed by atoms with Crippen molar-refractivity contribution in [2.75, 3.05) is 26.2 Å². The summed E-state index contributed by atoms with van der Waals surface area (Å²) < 4.78 is 10.3. The van der Waals surface area contributed by atoms with Crippen LogP contribution >= 0.6 is 0 Å². The molecule has 166 valence electrons. The van der Waals surface area contributed by atoms with Gasteiger partial charge in [0, 0.05) is 36.9 Å². The van der Waals surface area contributed by atoms with Crippen molar-refractivity contribution in [2.45, 2.75) is 38.0 Å². The van der Waals surface area contributed by atoms with Gasteiger partial charge in [-0.3, -0.25) is 4.98 Å². The molecular weight excluding hydrogens is 400 g/mol. The lowest BCUT2D eigenvalue weighted by molar-refractivity contribution is 0.0599. The Bertz CT molecular complexity index is 1100. The molecule has 0 aliphatic heterocycles. The Balaban J connectivity index is 1.52. The largest absolute Gasteiger partial charge is 0.497 e. The maximum atomic E-state index is 12.1. The van der Waals surface area contributed by atoms with Gasteiger partial charge in [0.15, 0.2) is 0 Å². The number of fused-ring (bicyclic) bond motifs is 1. The first-order valence-electron chi connectivity index (χ1n) is 11.1. The number of aryl methyl sites for hydroxylation is 2. The molecule has 0 saturated heterocycles. The SMILES string of the molecule is COC(=O)c1ccncc1CC[C@@H]1CCCc2cc(N(C)c3cccc(OC)c3)ccc21. The van der Waals surface area contributed by atoms with Crippen LogP contribution < -0.4 is 9.64 Å². The van der Waals surface area contributed by atoms with E-state index in [1.165, 1.54) is 36.8 Å². The Morgan fingerprint density at radius 2 is 1.97 bits per heavy atom. The van der Waals surface area contributed by atoms with E-state index in [4.69, 9.17) is 9.47 Å². The number of carbonyl (C=O) groups excluding carboxylic acids is 1. The first-order valence-corrected chi connectivity index (χ1v) is 11.1. The fourth-order valence-corrected chi connectivity index (χ4v) is 4.64. The molecule has 0 amide bonds. The molecule has 5 nitrogen and oxygen atoms in total. The van der Waals surface area contributed by atoms with Crippen LogP contribution in [0.2, 0.25) is 0 Å². The predicted molar refractivity (Wildman–Crippen MR) is 127 cm³/mol. The molecule has 0 spiro atoms. The van der Waals surface area contributed by atoms with Gasteiger partial charge in [-0.1, -0.05) is 12.1 Å². The van der Waals surface area contributed by atoms with Gasteiger partial charge in [-0.25, -0.2) is 4.79 Å². The van der Waals surface area contributed by atoms with E-state index in [2.05, 4.69) is 47.3 Å². The van der Waals surface area contributed by atoms with Crippen LogP contribution in [0.25, 0.3) is 0 Å². The number of esters is 1. The lowest BCUT2D eigenvalue weighted by atomic mass is 9.79. The average Bonchev–Trinajstić information content (AvgIpc) is 2.86. The van der Waals surface area contributed by atoms with Crippen molar-refractivity contribution >= 4 is 17.3 Å². The van der Waals surface area contributed by atoms with Crippen LogP contribution in [0.1, 0.15) is 52.2 Å². The Hall–Kier alpha value is -3.34. The third-order valence-electron chi connectivity index (χ3n) is 6.46. The molecule has 0 unspecified atom stereocenters. The smallest absolute Gasteiger partial charge is 0.338 e. The Kier molecular flexibility index (Phi) is 6.74. The lowest BCUT2D eigenvalue weighted by Gasteiger charge is -2.28. The van der Waals surface area contributed by atoms with E-state index >= 15 is 0 Å². The van der Waals surface area contributed by atoms with Crippen molar-refractivity contribution in [3.8, 4) is 5.75 Å². The summed E-state index contributed by atoms with van der Waals surface area (Å²) in [4.78, 5) is 18.5. The van der Waals surface area contributed by atoms with Crippen LogP contribution in [-0.2, 0) is 17.6 Å². The molecule has 4 rings (SSSR count). The zero-order chi connectivity index (χ0) is 22.5. The predicted octanol–water partition coefficient (Wildman–Crippen LogP) is 5.70. The van der Waals surface area contributed by atoms with Crippen molar-refractivity contribution in [3.63, 3.8) is 0 Å². The summed E-state index contributed by atoms with van der Waals surface area (Å²) in [5, 5.41) is 0. The Labute approximate surface area is 190 Å². The molecule has 0 bridgehead atoms. The van der Waals surface area contributed by atoms with Gasteiger partial charge < -0.3 is 14.4 Å². The lowest BCUT2D eigenvalue weighted by Crippen LogP contribution is -2.15. The number of nitrogens with zero attached hydrogens (tertiary/aromatic N) is 2. The molecular formula is C27H30N2O3. The van der Waals surface area contributed by atoms with Crippen molar-refractivity contribution < 1.29 is 14.3 Å². The second kappa shape index (κ2) is 9.86. The number of benzene rings is 2. The summed E-state index contributed by atoms with van der Waals surface area (Å²) in [5.74, 6) is 1.05. The average molecular weight is 431 g/mol. The molecule has 1 aliphatic rings. The summed E-state index contributed by atoms with van der Waals surface area (Å²) in [7, 11) is 5.20. The van der Waals surface area contributed by atoms with E-state index in [-0.39, 0.29) is 5.97 Å². The highest BCUT2D eigenvalue weighted by molar-refractivity contribution is 5.90. The number of hydrogen-bond acceptors (Lipinski definition) is 5. The highest BCUT2D eigenvalue weighted by atomic mass is 16.5. The molecule has 3 aromatic rings.